The van der Waals surface area contributed by atoms with Crippen LogP contribution < -0.4 is 4.90 Å². The van der Waals surface area contributed by atoms with E-state index in [0.717, 1.165) is 60.9 Å². The molecule has 1 fully saturated rings. The van der Waals surface area contributed by atoms with Crippen molar-refractivity contribution in [1.82, 2.24) is 0 Å². The Morgan fingerprint density at radius 3 is 1.69 bits per heavy atom. The first kappa shape index (κ1) is 26.2. The minimum atomic E-state index is 0.0602. The van der Waals surface area contributed by atoms with E-state index in [9.17, 15) is 0 Å². The second kappa shape index (κ2) is 10.4. The summed E-state index contributed by atoms with van der Waals surface area (Å²) in [5, 5.41) is 4.50. The average molecular weight is 584 g/mol. The van der Waals surface area contributed by atoms with Crippen molar-refractivity contribution >= 4 is 60.9 Å². The molecule has 0 saturated heterocycles. The van der Waals surface area contributed by atoms with E-state index in [4.69, 9.17) is 8.83 Å². The van der Waals surface area contributed by atoms with Crippen molar-refractivity contribution in [2.24, 2.45) is 0 Å². The van der Waals surface area contributed by atoms with Crippen LogP contribution >= 0.6 is 0 Å². The number of hydrogen-bond donors (Lipinski definition) is 0. The van der Waals surface area contributed by atoms with E-state index in [1.54, 1.807) is 0 Å². The van der Waals surface area contributed by atoms with Crippen molar-refractivity contribution in [3.05, 3.63) is 151 Å². The van der Waals surface area contributed by atoms with Crippen molar-refractivity contribution in [2.75, 3.05) is 4.90 Å². The van der Waals surface area contributed by atoms with Crippen molar-refractivity contribution in [1.29, 1.82) is 0 Å². The van der Waals surface area contributed by atoms with E-state index in [1.165, 1.54) is 43.2 Å². The highest BCUT2D eigenvalue weighted by Crippen LogP contribution is 2.46. The van der Waals surface area contributed by atoms with Crippen molar-refractivity contribution in [2.45, 2.75) is 37.5 Å². The lowest BCUT2D eigenvalue weighted by Gasteiger charge is -2.39. The average Bonchev–Trinajstić information content (AvgIpc) is 3.67. The summed E-state index contributed by atoms with van der Waals surface area (Å²) >= 11 is 0. The van der Waals surface area contributed by atoms with Gasteiger partial charge < -0.3 is 13.7 Å². The number of benzene rings is 6. The van der Waals surface area contributed by atoms with Crippen LogP contribution in [0.15, 0.2) is 148 Å². The molecule has 1 aliphatic rings. The molecule has 1 saturated carbocycles. The fourth-order valence-corrected chi connectivity index (χ4v) is 7.74. The molecular formula is C42H33NO2. The molecule has 9 rings (SSSR count). The number of furan rings is 2. The number of rotatable bonds is 5. The van der Waals surface area contributed by atoms with Gasteiger partial charge in [-0.25, -0.2) is 0 Å². The molecule has 8 aromatic rings. The number of anilines is 3. The molecule has 0 unspecified atom stereocenters. The molecule has 45 heavy (non-hydrogen) atoms. The van der Waals surface area contributed by atoms with Gasteiger partial charge in [-0.1, -0.05) is 98.1 Å². The third-order valence-electron chi connectivity index (χ3n) is 9.95. The Bertz CT molecular complexity index is 2300. The maximum Gasteiger partial charge on any atom is 0.137 e. The van der Waals surface area contributed by atoms with E-state index in [1.807, 2.05) is 24.3 Å². The molecular weight excluding hydrogens is 550 g/mol. The number of nitrogens with zero attached hydrogens (tertiary/aromatic N) is 1. The van der Waals surface area contributed by atoms with Gasteiger partial charge in [0.15, 0.2) is 0 Å². The molecule has 0 radical (unpaired) electrons. The predicted molar refractivity (Wildman–Crippen MR) is 186 cm³/mol. The fourth-order valence-electron chi connectivity index (χ4n) is 7.74. The summed E-state index contributed by atoms with van der Waals surface area (Å²) in [6.07, 6.45) is 6.22. The highest BCUT2D eigenvalue weighted by molar-refractivity contribution is 6.08. The Morgan fingerprint density at radius 2 is 0.933 bits per heavy atom. The Kier molecular flexibility index (Phi) is 6.05. The minimum absolute atomic E-state index is 0.0602. The maximum absolute atomic E-state index is 6.35. The smallest absolute Gasteiger partial charge is 0.137 e. The summed E-state index contributed by atoms with van der Waals surface area (Å²) < 4.78 is 12.5. The first-order valence-electron chi connectivity index (χ1n) is 16.1. The van der Waals surface area contributed by atoms with Crippen molar-refractivity contribution in [3.8, 4) is 0 Å². The Morgan fingerprint density at radius 1 is 0.400 bits per heavy atom. The lowest BCUT2D eigenvalue weighted by molar-refractivity contribution is 0.346. The van der Waals surface area contributed by atoms with Gasteiger partial charge in [0.2, 0.25) is 0 Å². The monoisotopic (exact) mass is 583 g/mol. The zero-order valence-corrected chi connectivity index (χ0v) is 25.1. The van der Waals surface area contributed by atoms with Gasteiger partial charge in [0.25, 0.3) is 0 Å². The van der Waals surface area contributed by atoms with Crippen LogP contribution in [-0.2, 0) is 5.41 Å². The molecule has 2 heterocycles. The van der Waals surface area contributed by atoms with E-state index < -0.39 is 0 Å². The zero-order chi connectivity index (χ0) is 29.8. The van der Waals surface area contributed by atoms with Crippen molar-refractivity contribution < 1.29 is 8.83 Å². The van der Waals surface area contributed by atoms with E-state index in [-0.39, 0.29) is 5.41 Å². The first-order chi connectivity index (χ1) is 22.3. The van der Waals surface area contributed by atoms with Crippen LogP contribution in [0.5, 0.6) is 0 Å². The molecule has 0 aliphatic heterocycles. The van der Waals surface area contributed by atoms with Crippen LogP contribution in [0, 0.1) is 0 Å². The second-order valence-corrected chi connectivity index (χ2v) is 12.4. The SMILES string of the molecule is c1ccc(C2(c3ccc(N(c4ccc5c(c4)oc4ccccc45)c4ccc5oc6ccccc6c5c4)cc3)CCCCC2)cc1. The molecule has 0 spiro atoms. The third kappa shape index (κ3) is 4.26. The molecule has 0 bridgehead atoms. The fraction of sp³-hybridized carbons (Fsp3) is 0.143. The summed E-state index contributed by atoms with van der Waals surface area (Å²) in [7, 11) is 0. The minimum Gasteiger partial charge on any atom is -0.456 e. The van der Waals surface area contributed by atoms with E-state index >= 15 is 0 Å². The van der Waals surface area contributed by atoms with Gasteiger partial charge in [0, 0.05) is 50.1 Å². The highest BCUT2D eigenvalue weighted by atomic mass is 16.3. The van der Waals surface area contributed by atoms with Crippen LogP contribution in [0.25, 0.3) is 43.9 Å². The Labute approximate surface area is 262 Å². The normalized spacial score (nSPS) is 14.8. The summed E-state index contributed by atoms with van der Waals surface area (Å²) in [6.45, 7) is 0. The van der Waals surface area contributed by atoms with Crippen LogP contribution in [0.2, 0.25) is 0 Å². The zero-order valence-electron chi connectivity index (χ0n) is 25.1. The van der Waals surface area contributed by atoms with Crippen LogP contribution in [0.3, 0.4) is 0 Å². The molecule has 3 heteroatoms. The topological polar surface area (TPSA) is 29.5 Å². The summed E-state index contributed by atoms with van der Waals surface area (Å²) in [6, 6.07) is 50.1. The molecule has 2 aromatic heterocycles. The third-order valence-corrected chi connectivity index (χ3v) is 9.95. The number of hydrogen-bond acceptors (Lipinski definition) is 3. The van der Waals surface area contributed by atoms with Gasteiger partial charge in [0.1, 0.15) is 22.3 Å². The first-order valence-corrected chi connectivity index (χ1v) is 16.1. The second-order valence-electron chi connectivity index (χ2n) is 12.4. The lowest BCUT2D eigenvalue weighted by Crippen LogP contribution is -2.30. The highest BCUT2D eigenvalue weighted by Gasteiger charge is 2.35. The molecule has 0 amide bonds. The van der Waals surface area contributed by atoms with E-state index in [2.05, 4.69) is 120 Å². The number of para-hydroxylation sites is 2. The molecule has 3 nitrogen and oxygen atoms in total. The molecule has 0 N–H and O–H groups in total. The van der Waals surface area contributed by atoms with Gasteiger partial charge in [-0.3, -0.25) is 0 Å². The molecule has 1 aliphatic carbocycles. The summed E-state index contributed by atoms with van der Waals surface area (Å²) in [5.41, 5.74) is 9.73. The van der Waals surface area contributed by atoms with Gasteiger partial charge in [-0.15, -0.1) is 0 Å². The van der Waals surface area contributed by atoms with Gasteiger partial charge in [-0.2, -0.15) is 0 Å². The molecule has 218 valence electrons. The standard InChI is InChI=1S/C42H33NO2/c1-3-11-29(12-4-1)42(25-9-2-10-26-42)30-17-19-31(20-18-30)43(32-22-24-40-37(27-32)35-14-6-8-16-39(35)44-40)33-21-23-36-34-13-5-7-15-38(34)45-41(36)28-33/h1,3-8,11-24,27-28H,2,9-10,25-26H2. The van der Waals surface area contributed by atoms with Crippen LogP contribution in [0.4, 0.5) is 17.1 Å². The van der Waals surface area contributed by atoms with Gasteiger partial charge >= 0.3 is 0 Å². The quantitative estimate of drug-likeness (QED) is 0.202. The van der Waals surface area contributed by atoms with Gasteiger partial charge in [0.05, 0.1) is 0 Å². The Hall–Kier alpha value is -5.28. The van der Waals surface area contributed by atoms with Gasteiger partial charge in [-0.05, 0) is 78.6 Å². The Balaban J connectivity index is 1.21. The van der Waals surface area contributed by atoms with E-state index in [0.29, 0.717) is 0 Å². The summed E-state index contributed by atoms with van der Waals surface area (Å²) in [5.74, 6) is 0. The number of fused-ring (bicyclic) bond motifs is 6. The molecule has 6 aromatic carbocycles. The molecule has 0 atom stereocenters. The predicted octanol–water partition coefficient (Wildman–Crippen LogP) is 12.2. The lowest BCUT2D eigenvalue weighted by atomic mass is 9.65. The van der Waals surface area contributed by atoms with Crippen LogP contribution in [0.1, 0.15) is 43.2 Å². The maximum atomic E-state index is 6.35. The largest absolute Gasteiger partial charge is 0.456 e. The van der Waals surface area contributed by atoms with Crippen LogP contribution in [-0.4, -0.2) is 0 Å². The summed E-state index contributed by atoms with van der Waals surface area (Å²) in [4.78, 5) is 2.34. The van der Waals surface area contributed by atoms with Crippen molar-refractivity contribution in [3.63, 3.8) is 0 Å².